The molecule has 5 heteroatoms. The van der Waals surface area contributed by atoms with Gasteiger partial charge in [-0.25, -0.2) is 0 Å². The Labute approximate surface area is 206 Å². The molecule has 35 heavy (non-hydrogen) atoms. The number of anilines is 1. The van der Waals surface area contributed by atoms with Gasteiger partial charge < -0.3 is 10.2 Å². The molecule has 0 saturated heterocycles. The van der Waals surface area contributed by atoms with Crippen molar-refractivity contribution in [2.75, 3.05) is 5.32 Å². The van der Waals surface area contributed by atoms with Gasteiger partial charge in [-0.1, -0.05) is 72.8 Å². The highest BCUT2D eigenvalue weighted by atomic mass is 16.2. The average Bonchev–Trinajstić information content (AvgIpc) is 2.89. The van der Waals surface area contributed by atoms with E-state index in [-0.39, 0.29) is 17.6 Å². The van der Waals surface area contributed by atoms with E-state index in [1.165, 1.54) is 6.92 Å². The van der Waals surface area contributed by atoms with Crippen molar-refractivity contribution in [1.29, 1.82) is 0 Å². The van der Waals surface area contributed by atoms with Crippen LogP contribution in [0.2, 0.25) is 0 Å². The Morgan fingerprint density at radius 2 is 1.26 bits per heavy atom. The second-order valence-corrected chi connectivity index (χ2v) is 8.94. The molecule has 0 radical (unpaired) electrons. The highest BCUT2D eigenvalue weighted by Gasteiger charge is 2.36. The van der Waals surface area contributed by atoms with Crippen LogP contribution in [0.5, 0.6) is 0 Å². The zero-order valence-electron chi connectivity index (χ0n) is 19.9. The van der Waals surface area contributed by atoms with E-state index in [0.29, 0.717) is 37.2 Å². The zero-order chi connectivity index (χ0) is 24.6. The van der Waals surface area contributed by atoms with Crippen molar-refractivity contribution in [3.63, 3.8) is 0 Å². The molecule has 1 aliphatic rings. The van der Waals surface area contributed by atoms with E-state index < -0.39 is 11.8 Å². The predicted octanol–water partition coefficient (Wildman–Crippen LogP) is 5.64. The topological polar surface area (TPSA) is 66.5 Å². The van der Waals surface area contributed by atoms with Crippen LogP contribution in [0.25, 0.3) is 0 Å². The number of nitrogens with one attached hydrogen (secondary N) is 1. The van der Waals surface area contributed by atoms with Crippen molar-refractivity contribution in [2.24, 2.45) is 11.8 Å². The van der Waals surface area contributed by atoms with E-state index in [4.69, 9.17) is 0 Å². The van der Waals surface area contributed by atoms with Crippen molar-refractivity contribution in [1.82, 2.24) is 4.90 Å². The Morgan fingerprint density at radius 1 is 0.743 bits per heavy atom. The van der Waals surface area contributed by atoms with Crippen LogP contribution < -0.4 is 5.32 Å². The van der Waals surface area contributed by atoms with Crippen molar-refractivity contribution >= 4 is 23.3 Å². The third-order valence-electron chi connectivity index (χ3n) is 6.39. The monoisotopic (exact) mass is 466 g/mol. The van der Waals surface area contributed by atoms with E-state index in [1.54, 1.807) is 24.3 Å². The van der Waals surface area contributed by atoms with Crippen LogP contribution in [0.4, 0.5) is 5.69 Å². The fourth-order valence-corrected chi connectivity index (χ4v) is 4.45. The van der Waals surface area contributed by atoms with Gasteiger partial charge in [-0.15, -0.1) is 0 Å². The first kappa shape index (κ1) is 24.1. The first-order valence-corrected chi connectivity index (χ1v) is 11.9. The summed E-state index contributed by atoms with van der Waals surface area (Å²) in [7, 11) is 0. The minimum absolute atomic E-state index is 0.0193. The highest BCUT2D eigenvalue weighted by Crippen LogP contribution is 2.30. The van der Waals surface area contributed by atoms with Crippen LogP contribution in [0, 0.1) is 11.8 Å². The molecule has 0 heterocycles. The van der Waals surface area contributed by atoms with Crippen molar-refractivity contribution in [2.45, 2.75) is 32.9 Å². The molecular weight excluding hydrogens is 436 g/mol. The Bertz CT molecular complexity index is 1150. The third-order valence-corrected chi connectivity index (χ3v) is 6.39. The summed E-state index contributed by atoms with van der Waals surface area (Å²) in [4.78, 5) is 40.5. The molecule has 2 atom stereocenters. The first-order valence-electron chi connectivity index (χ1n) is 11.9. The second kappa shape index (κ2) is 11.4. The summed E-state index contributed by atoms with van der Waals surface area (Å²) in [5.74, 6) is -1.13. The summed E-state index contributed by atoms with van der Waals surface area (Å²) in [5.41, 5.74) is 3.31. The smallest absolute Gasteiger partial charge is 0.228 e. The van der Waals surface area contributed by atoms with Gasteiger partial charge in [-0.3, -0.25) is 14.4 Å². The van der Waals surface area contributed by atoms with Crippen LogP contribution in [-0.4, -0.2) is 22.5 Å². The number of benzene rings is 3. The number of nitrogens with zero attached hydrogens (tertiary/aromatic N) is 1. The summed E-state index contributed by atoms with van der Waals surface area (Å²) in [6, 6.07) is 26.7. The number of amides is 2. The summed E-state index contributed by atoms with van der Waals surface area (Å²) in [6.45, 7) is 2.47. The zero-order valence-corrected chi connectivity index (χ0v) is 19.9. The van der Waals surface area contributed by atoms with Gasteiger partial charge in [0.1, 0.15) is 0 Å². The maximum atomic E-state index is 13.9. The fourth-order valence-electron chi connectivity index (χ4n) is 4.45. The number of allylic oxidation sites excluding steroid dienone is 2. The second-order valence-electron chi connectivity index (χ2n) is 8.94. The number of ketones is 1. The van der Waals surface area contributed by atoms with Gasteiger partial charge in [-0.05, 0) is 55.2 Å². The molecule has 0 saturated carbocycles. The maximum absolute atomic E-state index is 13.9. The lowest BCUT2D eigenvalue weighted by molar-refractivity contribution is -0.142. The average molecular weight is 467 g/mol. The third kappa shape index (κ3) is 6.33. The molecule has 3 aromatic rings. The van der Waals surface area contributed by atoms with Crippen LogP contribution in [0.15, 0.2) is 97.1 Å². The SMILES string of the molecule is CC(=O)c1ccc(NC(=O)C2CC=CCC2C(=O)N(Cc2ccccc2)Cc2ccccc2)cc1. The van der Waals surface area contributed by atoms with E-state index >= 15 is 0 Å². The molecule has 0 bridgehead atoms. The van der Waals surface area contributed by atoms with Crippen LogP contribution in [0.1, 0.15) is 41.3 Å². The van der Waals surface area contributed by atoms with Crippen LogP contribution in [0.3, 0.4) is 0 Å². The van der Waals surface area contributed by atoms with Crippen molar-refractivity contribution < 1.29 is 14.4 Å². The largest absolute Gasteiger partial charge is 0.334 e. The summed E-state index contributed by atoms with van der Waals surface area (Å²) in [6.07, 6.45) is 5.02. The van der Waals surface area contributed by atoms with Gasteiger partial charge in [0.2, 0.25) is 11.8 Å². The first-order chi connectivity index (χ1) is 17.0. The van der Waals surface area contributed by atoms with E-state index in [9.17, 15) is 14.4 Å². The Kier molecular flexibility index (Phi) is 7.88. The Hall–Kier alpha value is -3.99. The number of carbonyl (C=O) groups excluding carboxylic acids is 3. The molecule has 5 nitrogen and oxygen atoms in total. The molecule has 1 aliphatic carbocycles. The van der Waals surface area contributed by atoms with Crippen molar-refractivity contribution in [3.8, 4) is 0 Å². The number of carbonyl (C=O) groups is 3. The number of hydrogen-bond acceptors (Lipinski definition) is 3. The minimum atomic E-state index is -0.464. The molecule has 4 rings (SSSR count). The molecule has 0 fully saturated rings. The number of Topliss-reactive ketones (excluding diaryl/α,β-unsaturated/α-hetero) is 1. The molecule has 178 valence electrons. The number of hydrogen-bond donors (Lipinski definition) is 1. The summed E-state index contributed by atoms with van der Waals surface area (Å²) in [5, 5.41) is 2.95. The number of rotatable bonds is 8. The standard InChI is InChI=1S/C30H30N2O3/c1-22(33)25-16-18-26(19-17-25)31-29(34)27-14-8-9-15-28(27)30(35)32(20-23-10-4-2-5-11-23)21-24-12-6-3-7-13-24/h2-13,16-19,27-28H,14-15,20-21H2,1H3,(H,31,34). The Morgan fingerprint density at radius 3 is 1.77 bits per heavy atom. The molecule has 1 N–H and O–H groups in total. The molecule has 3 aromatic carbocycles. The molecular formula is C30H30N2O3. The van der Waals surface area contributed by atoms with Gasteiger partial charge in [0.15, 0.2) is 5.78 Å². The fraction of sp³-hybridized carbons (Fsp3) is 0.233. The van der Waals surface area contributed by atoms with E-state index in [1.807, 2.05) is 77.7 Å². The van der Waals surface area contributed by atoms with Gasteiger partial charge in [0.25, 0.3) is 0 Å². The van der Waals surface area contributed by atoms with Gasteiger partial charge in [0, 0.05) is 24.3 Å². The van der Waals surface area contributed by atoms with Crippen LogP contribution in [-0.2, 0) is 22.7 Å². The molecule has 0 spiro atoms. The minimum Gasteiger partial charge on any atom is -0.334 e. The maximum Gasteiger partial charge on any atom is 0.228 e. The van der Waals surface area contributed by atoms with Gasteiger partial charge in [0.05, 0.1) is 11.8 Å². The summed E-state index contributed by atoms with van der Waals surface area (Å²) < 4.78 is 0. The highest BCUT2D eigenvalue weighted by molar-refractivity contribution is 5.98. The lowest BCUT2D eigenvalue weighted by atomic mass is 9.81. The predicted molar refractivity (Wildman–Crippen MR) is 138 cm³/mol. The normalized spacial score (nSPS) is 16.9. The molecule has 0 aromatic heterocycles. The molecule has 2 unspecified atom stereocenters. The van der Waals surface area contributed by atoms with Crippen molar-refractivity contribution in [3.05, 3.63) is 114 Å². The van der Waals surface area contributed by atoms with Gasteiger partial charge >= 0.3 is 0 Å². The van der Waals surface area contributed by atoms with E-state index in [0.717, 1.165) is 11.1 Å². The quantitative estimate of drug-likeness (QED) is 0.345. The lowest BCUT2D eigenvalue weighted by Gasteiger charge is -2.32. The molecule has 0 aliphatic heterocycles. The summed E-state index contributed by atoms with van der Waals surface area (Å²) >= 11 is 0. The lowest BCUT2D eigenvalue weighted by Crippen LogP contribution is -2.42. The van der Waals surface area contributed by atoms with E-state index in [2.05, 4.69) is 5.32 Å². The van der Waals surface area contributed by atoms with Gasteiger partial charge in [-0.2, -0.15) is 0 Å². The van der Waals surface area contributed by atoms with Crippen LogP contribution >= 0.6 is 0 Å². The Balaban J connectivity index is 1.53. The molecule has 2 amide bonds.